The molecule has 0 saturated heterocycles. The first-order chi connectivity index (χ1) is 2.00. The van der Waals surface area contributed by atoms with Crippen molar-refractivity contribution in [1.82, 2.24) is 0 Å². The van der Waals surface area contributed by atoms with Crippen molar-refractivity contribution in [2.45, 2.75) is 0 Å². The summed E-state index contributed by atoms with van der Waals surface area (Å²) >= 11 is 3.27. The van der Waals surface area contributed by atoms with Gasteiger partial charge in [0.15, 0.2) is 0 Å². The Morgan fingerprint density at radius 2 is 1.50 bits per heavy atom. The van der Waals surface area contributed by atoms with Crippen LogP contribution in [0.15, 0.2) is 0 Å². The number of rotatable bonds is 0. The third-order valence-corrected chi connectivity index (χ3v) is 0. The van der Waals surface area contributed by atoms with Crippen LogP contribution in [0.4, 0.5) is 0 Å². The van der Waals surface area contributed by atoms with E-state index >= 15 is 0 Å². The van der Waals surface area contributed by atoms with Crippen molar-refractivity contribution in [3.05, 3.63) is 0 Å². The molecular formula is MnOSTi. The molecular weight excluding hydrogens is 151 g/mol. The van der Waals surface area contributed by atoms with Crippen molar-refractivity contribution < 1.29 is 38.1 Å². The van der Waals surface area contributed by atoms with Crippen LogP contribution in [0.3, 0.4) is 0 Å². The van der Waals surface area contributed by atoms with Crippen LogP contribution < -0.4 is 0 Å². The maximum absolute atomic E-state index is 8.25. The molecule has 0 rings (SSSR count). The zero-order chi connectivity index (χ0) is 4.00. The SMILES string of the molecule is [O]=[Ti].[S]=[Mn]. The van der Waals surface area contributed by atoms with Crippen LogP contribution >= 0.6 is 10.6 Å². The van der Waals surface area contributed by atoms with E-state index in [1.165, 1.54) is 0 Å². The summed E-state index contributed by atoms with van der Waals surface area (Å²) in [6, 6.07) is 0. The minimum atomic E-state index is 0.750. The van der Waals surface area contributed by atoms with E-state index < -0.39 is 0 Å². The Balaban J connectivity index is 0. The second-order valence-electron chi connectivity index (χ2n) is 0. The van der Waals surface area contributed by atoms with Crippen molar-refractivity contribution in [3.63, 3.8) is 0 Å². The molecule has 0 N–H and O–H groups in total. The van der Waals surface area contributed by atoms with Crippen LogP contribution in [0.1, 0.15) is 0 Å². The molecule has 0 unspecified atom stereocenters. The molecule has 0 aromatic rings. The first-order valence-corrected chi connectivity index (χ1v) is 2.75. The van der Waals surface area contributed by atoms with E-state index in [0.29, 0.717) is 0 Å². The third-order valence-electron chi connectivity index (χ3n) is 0. The topological polar surface area (TPSA) is 17.1 Å². The van der Waals surface area contributed by atoms with E-state index in [0.717, 1.165) is 20.4 Å². The standard InChI is InChI=1S/Mn.O.S.Ti. The summed E-state index contributed by atoms with van der Waals surface area (Å²) in [5.74, 6) is 0. The molecule has 4 heteroatoms. The van der Waals surface area contributed by atoms with E-state index in [1.807, 2.05) is 0 Å². The Kier molecular flexibility index (Phi) is 64.3. The summed E-state index contributed by atoms with van der Waals surface area (Å²) in [5, 5.41) is 0. The normalized spacial score (nSPS) is 1.75. The maximum atomic E-state index is 8.25. The zero-order valence-electron chi connectivity index (χ0n) is 1.69. The van der Waals surface area contributed by atoms with Crippen LogP contribution in [0, 0.1) is 0 Å². The van der Waals surface area contributed by atoms with Gasteiger partial charge in [0, 0.05) is 0 Å². The van der Waals surface area contributed by atoms with E-state index in [4.69, 9.17) is 3.32 Å². The second kappa shape index (κ2) is 28.6. The van der Waals surface area contributed by atoms with Gasteiger partial charge in [-0.25, -0.2) is 0 Å². The molecule has 0 spiro atoms. The predicted octanol–water partition coefficient (Wildman–Crippen LogP) is 0.524. The molecule has 23 valence electrons. The first kappa shape index (κ1) is 8.98. The van der Waals surface area contributed by atoms with Crippen LogP contribution in [0.5, 0.6) is 0 Å². The Morgan fingerprint density at radius 3 is 1.50 bits per heavy atom. The summed E-state index contributed by atoms with van der Waals surface area (Å²) in [4.78, 5) is 0. The fourth-order valence-electron chi connectivity index (χ4n) is 0. The average Bonchev–Trinajstić information content (AvgIpc) is 1.50. The van der Waals surface area contributed by atoms with Gasteiger partial charge >= 0.3 is 48.7 Å². The van der Waals surface area contributed by atoms with E-state index in [1.54, 1.807) is 0 Å². The van der Waals surface area contributed by atoms with E-state index in [-0.39, 0.29) is 0 Å². The fourth-order valence-corrected chi connectivity index (χ4v) is 0. The van der Waals surface area contributed by atoms with Gasteiger partial charge in [0.2, 0.25) is 0 Å². The van der Waals surface area contributed by atoms with Gasteiger partial charge < -0.3 is 0 Å². The summed E-state index contributed by atoms with van der Waals surface area (Å²) in [6.07, 6.45) is 0. The van der Waals surface area contributed by atoms with E-state index in [2.05, 4.69) is 24.9 Å². The van der Waals surface area contributed by atoms with Gasteiger partial charge in [-0.15, -0.1) is 0 Å². The molecule has 0 aromatic heterocycles. The van der Waals surface area contributed by atoms with Gasteiger partial charge in [0.25, 0.3) is 0 Å². The summed E-state index contributed by atoms with van der Waals surface area (Å²) < 4.78 is 8.25. The van der Waals surface area contributed by atoms with Gasteiger partial charge in [-0.05, 0) is 0 Å². The van der Waals surface area contributed by atoms with Crippen molar-refractivity contribution in [1.29, 1.82) is 0 Å². The zero-order valence-corrected chi connectivity index (χ0v) is 5.25. The Morgan fingerprint density at radius 1 is 1.50 bits per heavy atom. The van der Waals surface area contributed by atoms with E-state index in [9.17, 15) is 0 Å². The van der Waals surface area contributed by atoms with Crippen LogP contribution in [-0.4, -0.2) is 0 Å². The molecule has 0 amide bonds. The van der Waals surface area contributed by atoms with Gasteiger partial charge in [0.1, 0.15) is 0 Å². The third kappa shape index (κ3) is 10.5. The van der Waals surface area contributed by atoms with Crippen LogP contribution in [0.25, 0.3) is 0 Å². The van der Waals surface area contributed by atoms with Gasteiger partial charge in [-0.2, -0.15) is 0 Å². The minimum absolute atomic E-state index is 0.750. The van der Waals surface area contributed by atoms with Crippen molar-refractivity contribution in [2.24, 2.45) is 0 Å². The number of hydrogen-bond donors (Lipinski definition) is 0. The summed E-state index contributed by atoms with van der Waals surface area (Å²) in [7, 11) is 3.90. The Hall–Kier alpha value is 1.25. The molecule has 0 radical (unpaired) electrons. The molecule has 0 heterocycles. The molecule has 1 nitrogen and oxygen atoms in total. The monoisotopic (exact) mass is 151 g/mol. The summed E-state index contributed by atoms with van der Waals surface area (Å²) in [5.41, 5.74) is 0. The first-order valence-electron chi connectivity index (χ1n) is 0.358. The quantitative estimate of drug-likeness (QED) is 0.469. The fraction of sp³-hybridized carbons (Fsp3) is 0. The van der Waals surface area contributed by atoms with Crippen LogP contribution in [0.2, 0.25) is 0 Å². The van der Waals surface area contributed by atoms with Gasteiger partial charge in [-0.1, -0.05) is 0 Å². The number of hydrogen-bond acceptors (Lipinski definition) is 2. The van der Waals surface area contributed by atoms with Crippen molar-refractivity contribution >= 4 is 10.6 Å². The van der Waals surface area contributed by atoms with Gasteiger partial charge in [-0.3, -0.25) is 0 Å². The van der Waals surface area contributed by atoms with Crippen molar-refractivity contribution in [3.8, 4) is 0 Å². The molecule has 0 aliphatic heterocycles. The predicted molar refractivity (Wildman–Crippen MR) is 8.28 cm³/mol. The Labute approximate surface area is 48.6 Å². The molecule has 0 atom stereocenters. The summed E-state index contributed by atoms with van der Waals surface area (Å²) in [6.45, 7) is 0. The average molecular weight is 151 g/mol. The molecule has 4 heavy (non-hydrogen) atoms. The molecule has 0 fully saturated rings. The molecule has 0 aromatic carbocycles. The molecule has 0 bridgehead atoms. The Bertz CT molecular complexity index is 10.0. The second-order valence-corrected chi connectivity index (χ2v) is 0. The van der Waals surface area contributed by atoms with Gasteiger partial charge in [0.05, 0.1) is 0 Å². The molecule has 0 aliphatic carbocycles. The molecule has 0 aliphatic rings. The van der Waals surface area contributed by atoms with Crippen molar-refractivity contribution in [2.75, 3.05) is 0 Å². The molecule has 0 saturated carbocycles. The van der Waals surface area contributed by atoms with Crippen LogP contribution in [-0.2, 0) is 38.1 Å².